The molecule has 0 heterocycles. The lowest BCUT2D eigenvalue weighted by molar-refractivity contribution is 0.415. The maximum absolute atomic E-state index is 5.99. The zero-order chi connectivity index (χ0) is 12.4. The van der Waals surface area contributed by atoms with Crippen molar-refractivity contribution in [3.05, 3.63) is 46.4 Å². The first-order valence-electron chi connectivity index (χ1n) is 5.01. The van der Waals surface area contributed by atoms with Crippen molar-refractivity contribution >= 4 is 28.9 Å². The van der Waals surface area contributed by atoms with E-state index in [9.17, 15) is 0 Å². The standard InChI is InChI=1S/C13H11Cl2NO/c1-17-10-4-2-8(3-5-10)9-6-11(14)13(16)12(15)7-9/h2-7H,16H2,1H3. The molecule has 2 nitrogen and oxygen atoms in total. The monoisotopic (exact) mass is 267 g/mol. The molecule has 0 aliphatic carbocycles. The fourth-order valence-corrected chi connectivity index (χ4v) is 2.02. The number of rotatable bonds is 2. The molecule has 0 aliphatic heterocycles. The summed E-state index contributed by atoms with van der Waals surface area (Å²) < 4.78 is 5.10. The molecule has 0 saturated carbocycles. The van der Waals surface area contributed by atoms with Gasteiger partial charge in [0.2, 0.25) is 0 Å². The van der Waals surface area contributed by atoms with Gasteiger partial charge in [0.15, 0.2) is 0 Å². The average molecular weight is 268 g/mol. The van der Waals surface area contributed by atoms with Gasteiger partial charge in [-0.3, -0.25) is 0 Å². The molecule has 88 valence electrons. The lowest BCUT2D eigenvalue weighted by Crippen LogP contribution is -1.89. The van der Waals surface area contributed by atoms with Gasteiger partial charge in [-0.25, -0.2) is 0 Å². The van der Waals surface area contributed by atoms with E-state index in [2.05, 4.69) is 0 Å². The summed E-state index contributed by atoms with van der Waals surface area (Å²) in [7, 11) is 1.63. The molecule has 2 aromatic rings. The summed E-state index contributed by atoms with van der Waals surface area (Å²) in [5.41, 5.74) is 8.04. The molecule has 0 amide bonds. The molecule has 0 atom stereocenters. The third-order valence-electron chi connectivity index (χ3n) is 2.50. The molecule has 0 aliphatic rings. The van der Waals surface area contributed by atoms with Crippen LogP contribution in [0, 0.1) is 0 Å². The van der Waals surface area contributed by atoms with E-state index >= 15 is 0 Å². The van der Waals surface area contributed by atoms with Crippen molar-refractivity contribution in [2.75, 3.05) is 12.8 Å². The number of hydrogen-bond acceptors (Lipinski definition) is 2. The molecule has 0 radical (unpaired) electrons. The minimum absolute atomic E-state index is 0.408. The van der Waals surface area contributed by atoms with Crippen LogP contribution in [-0.2, 0) is 0 Å². The molecular weight excluding hydrogens is 257 g/mol. The molecule has 2 N–H and O–H groups in total. The molecule has 0 spiro atoms. The molecule has 0 aromatic heterocycles. The number of nitrogen functional groups attached to an aromatic ring is 1. The Morgan fingerprint density at radius 3 is 1.94 bits per heavy atom. The van der Waals surface area contributed by atoms with E-state index in [4.69, 9.17) is 33.7 Å². The first kappa shape index (κ1) is 12.1. The zero-order valence-corrected chi connectivity index (χ0v) is 10.7. The van der Waals surface area contributed by atoms with E-state index in [-0.39, 0.29) is 0 Å². The number of halogens is 2. The Labute approximate surface area is 110 Å². The van der Waals surface area contributed by atoms with Gasteiger partial charge >= 0.3 is 0 Å². The van der Waals surface area contributed by atoms with Crippen LogP contribution < -0.4 is 10.5 Å². The van der Waals surface area contributed by atoms with Crippen molar-refractivity contribution < 1.29 is 4.74 Å². The minimum atomic E-state index is 0.408. The van der Waals surface area contributed by atoms with Crippen molar-refractivity contribution in [1.82, 2.24) is 0 Å². The first-order chi connectivity index (χ1) is 8.11. The second kappa shape index (κ2) is 4.86. The topological polar surface area (TPSA) is 35.2 Å². The van der Waals surface area contributed by atoms with Crippen LogP contribution >= 0.6 is 23.2 Å². The van der Waals surface area contributed by atoms with Gasteiger partial charge in [-0.2, -0.15) is 0 Å². The summed E-state index contributed by atoms with van der Waals surface area (Å²) in [6, 6.07) is 11.2. The van der Waals surface area contributed by atoms with Crippen LogP contribution in [-0.4, -0.2) is 7.11 Å². The molecule has 0 fully saturated rings. The predicted octanol–water partition coefficient (Wildman–Crippen LogP) is 4.25. The second-order valence-corrected chi connectivity index (χ2v) is 4.40. The third-order valence-corrected chi connectivity index (χ3v) is 3.13. The van der Waals surface area contributed by atoms with Gasteiger partial charge in [0.1, 0.15) is 5.75 Å². The summed E-state index contributed by atoms with van der Waals surface area (Å²) >= 11 is 12.0. The van der Waals surface area contributed by atoms with Gasteiger partial charge in [0, 0.05) is 0 Å². The van der Waals surface area contributed by atoms with Gasteiger partial charge < -0.3 is 10.5 Å². The summed E-state index contributed by atoms with van der Waals surface area (Å²) in [6.07, 6.45) is 0. The Morgan fingerprint density at radius 2 is 1.47 bits per heavy atom. The minimum Gasteiger partial charge on any atom is -0.497 e. The quantitative estimate of drug-likeness (QED) is 0.826. The Kier molecular flexibility index (Phi) is 3.46. The summed E-state index contributed by atoms with van der Waals surface area (Å²) in [5, 5.41) is 0.923. The number of ether oxygens (including phenoxy) is 1. The number of methoxy groups -OCH3 is 1. The molecule has 4 heteroatoms. The van der Waals surface area contributed by atoms with Crippen molar-refractivity contribution in [2.24, 2.45) is 0 Å². The fraction of sp³-hybridized carbons (Fsp3) is 0.0769. The maximum atomic E-state index is 5.99. The SMILES string of the molecule is COc1ccc(-c2cc(Cl)c(N)c(Cl)c2)cc1. The van der Waals surface area contributed by atoms with E-state index in [0.717, 1.165) is 16.9 Å². The molecule has 2 rings (SSSR count). The maximum Gasteiger partial charge on any atom is 0.118 e. The molecule has 17 heavy (non-hydrogen) atoms. The van der Waals surface area contributed by atoms with E-state index in [0.29, 0.717) is 15.7 Å². The lowest BCUT2D eigenvalue weighted by atomic mass is 10.1. The summed E-state index contributed by atoms with van der Waals surface area (Å²) in [6.45, 7) is 0. The largest absolute Gasteiger partial charge is 0.497 e. The Balaban J connectivity index is 2.45. The molecule has 2 aromatic carbocycles. The smallest absolute Gasteiger partial charge is 0.118 e. The van der Waals surface area contributed by atoms with Gasteiger partial charge in [0.25, 0.3) is 0 Å². The second-order valence-electron chi connectivity index (χ2n) is 3.58. The highest BCUT2D eigenvalue weighted by Gasteiger charge is 2.06. The highest BCUT2D eigenvalue weighted by atomic mass is 35.5. The van der Waals surface area contributed by atoms with Crippen LogP contribution in [0.4, 0.5) is 5.69 Å². The van der Waals surface area contributed by atoms with Crippen LogP contribution in [0.5, 0.6) is 5.75 Å². The summed E-state index contributed by atoms with van der Waals surface area (Å²) in [5.74, 6) is 0.807. The van der Waals surface area contributed by atoms with Crippen LogP contribution in [0.3, 0.4) is 0 Å². The fourth-order valence-electron chi connectivity index (χ4n) is 1.53. The van der Waals surface area contributed by atoms with Crippen LogP contribution in [0.25, 0.3) is 11.1 Å². The molecule has 0 saturated heterocycles. The van der Waals surface area contributed by atoms with Gasteiger partial charge in [0.05, 0.1) is 22.8 Å². The van der Waals surface area contributed by atoms with Crippen molar-refractivity contribution in [3.8, 4) is 16.9 Å². The normalized spacial score (nSPS) is 10.3. The number of anilines is 1. The summed E-state index contributed by atoms with van der Waals surface area (Å²) in [4.78, 5) is 0. The number of hydrogen-bond donors (Lipinski definition) is 1. The molecular formula is C13H11Cl2NO. The van der Waals surface area contributed by atoms with Gasteiger partial charge in [-0.1, -0.05) is 35.3 Å². The lowest BCUT2D eigenvalue weighted by Gasteiger charge is -2.07. The van der Waals surface area contributed by atoms with E-state index in [1.807, 2.05) is 24.3 Å². The van der Waals surface area contributed by atoms with Crippen LogP contribution in [0.15, 0.2) is 36.4 Å². The first-order valence-corrected chi connectivity index (χ1v) is 5.76. The average Bonchev–Trinajstić information content (AvgIpc) is 2.35. The number of nitrogens with two attached hydrogens (primary N) is 1. The Bertz CT molecular complexity index is 515. The highest BCUT2D eigenvalue weighted by Crippen LogP contribution is 2.33. The Hall–Kier alpha value is -1.38. The van der Waals surface area contributed by atoms with Crippen LogP contribution in [0.1, 0.15) is 0 Å². The van der Waals surface area contributed by atoms with Gasteiger partial charge in [-0.15, -0.1) is 0 Å². The van der Waals surface area contributed by atoms with E-state index in [1.54, 1.807) is 19.2 Å². The Morgan fingerprint density at radius 1 is 0.941 bits per heavy atom. The van der Waals surface area contributed by atoms with E-state index in [1.165, 1.54) is 0 Å². The zero-order valence-electron chi connectivity index (χ0n) is 9.21. The number of benzene rings is 2. The third kappa shape index (κ3) is 2.48. The van der Waals surface area contributed by atoms with Crippen molar-refractivity contribution in [3.63, 3.8) is 0 Å². The van der Waals surface area contributed by atoms with E-state index < -0.39 is 0 Å². The predicted molar refractivity (Wildman–Crippen MR) is 72.9 cm³/mol. The molecule has 0 bridgehead atoms. The highest BCUT2D eigenvalue weighted by molar-refractivity contribution is 6.39. The van der Waals surface area contributed by atoms with Gasteiger partial charge in [-0.05, 0) is 35.4 Å². The van der Waals surface area contributed by atoms with Crippen LogP contribution in [0.2, 0.25) is 10.0 Å². The van der Waals surface area contributed by atoms with Crippen molar-refractivity contribution in [2.45, 2.75) is 0 Å². The van der Waals surface area contributed by atoms with Crippen molar-refractivity contribution in [1.29, 1.82) is 0 Å². The molecule has 0 unspecified atom stereocenters.